The van der Waals surface area contributed by atoms with Gasteiger partial charge >= 0.3 is 5.97 Å². The van der Waals surface area contributed by atoms with Crippen molar-refractivity contribution >= 4 is 5.97 Å². The van der Waals surface area contributed by atoms with Crippen molar-refractivity contribution in [3.63, 3.8) is 0 Å². The van der Waals surface area contributed by atoms with E-state index in [2.05, 4.69) is 0 Å². The molecule has 76 valence electrons. The van der Waals surface area contributed by atoms with Gasteiger partial charge in [0, 0.05) is 13.0 Å². The van der Waals surface area contributed by atoms with Crippen molar-refractivity contribution in [3.8, 4) is 0 Å². The summed E-state index contributed by atoms with van der Waals surface area (Å²) in [5.74, 6) is -1.17. The molecule has 1 rings (SSSR count). The van der Waals surface area contributed by atoms with E-state index in [1.807, 2.05) is 0 Å². The molecule has 1 unspecified atom stereocenters. The topological polar surface area (TPSA) is 46.5 Å². The molecule has 1 saturated heterocycles. The summed E-state index contributed by atoms with van der Waals surface area (Å²) in [7, 11) is 0. The predicted molar refractivity (Wildman–Crippen MR) is 40.7 cm³/mol. The van der Waals surface area contributed by atoms with Gasteiger partial charge in [-0.2, -0.15) is 0 Å². The molecule has 1 aliphatic heterocycles. The fraction of sp³-hybridized carbons (Fsp3) is 0.875. The average molecular weight is 194 g/mol. The van der Waals surface area contributed by atoms with Crippen molar-refractivity contribution in [2.75, 3.05) is 13.2 Å². The first kappa shape index (κ1) is 10.4. The monoisotopic (exact) mass is 194 g/mol. The van der Waals surface area contributed by atoms with Crippen molar-refractivity contribution < 1.29 is 23.4 Å². The van der Waals surface area contributed by atoms with Gasteiger partial charge in [-0.15, -0.1) is 0 Å². The minimum absolute atomic E-state index is 0.0906. The van der Waals surface area contributed by atoms with Gasteiger partial charge in [-0.25, -0.2) is 8.78 Å². The lowest BCUT2D eigenvalue weighted by atomic mass is 9.80. The van der Waals surface area contributed by atoms with Crippen LogP contribution in [0.15, 0.2) is 0 Å². The zero-order valence-corrected chi connectivity index (χ0v) is 7.13. The van der Waals surface area contributed by atoms with Crippen molar-refractivity contribution in [2.45, 2.75) is 25.7 Å². The number of aliphatic carboxylic acids is 1. The minimum Gasteiger partial charge on any atom is -0.481 e. The van der Waals surface area contributed by atoms with Crippen LogP contribution in [-0.2, 0) is 9.53 Å². The number of ether oxygens (including phenoxy) is 1. The molecule has 5 heteroatoms. The summed E-state index contributed by atoms with van der Waals surface area (Å²) in [5.41, 5.74) is -1.35. The van der Waals surface area contributed by atoms with Gasteiger partial charge in [0.15, 0.2) is 0 Å². The van der Waals surface area contributed by atoms with Gasteiger partial charge in [0.05, 0.1) is 12.0 Å². The normalized spacial score (nSPS) is 29.2. The van der Waals surface area contributed by atoms with Gasteiger partial charge in [-0.3, -0.25) is 4.79 Å². The molecule has 0 aromatic heterocycles. The Morgan fingerprint density at radius 3 is 2.69 bits per heavy atom. The lowest BCUT2D eigenvalue weighted by Crippen LogP contribution is -2.40. The first-order chi connectivity index (χ1) is 6.07. The third-order valence-corrected chi connectivity index (χ3v) is 2.32. The summed E-state index contributed by atoms with van der Waals surface area (Å²) in [6, 6.07) is 0. The molecule has 1 N–H and O–H groups in total. The maximum absolute atomic E-state index is 12.1. The van der Waals surface area contributed by atoms with Gasteiger partial charge in [-0.05, 0) is 12.8 Å². The van der Waals surface area contributed by atoms with Crippen LogP contribution in [-0.4, -0.2) is 30.7 Å². The lowest BCUT2D eigenvalue weighted by molar-refractivity contribution is -0.161. The average Bonchev–Trinajstić information content (AvgIpc) is 2.04. The van der Waals surface area contributed by atoms with E-state index in [0.29, 0.717) is 13.0 Å². The van der Waals surface area contributed by atoms with E-state index in [1.54, 1.807) is 0 Å². The minimum atomic E-state index is -2.59. The Kier molecular flexibility index (Phi) is 3.19. The largest absolute Gasteiger partial charge is 0.481 e. The zero-order valence-electron chi connectivity index (χ0n) is 7.13. The molecule has 0 bridgehead atoms. The van der Waals surface area contributed by atoms with Crippen LogP contribution in [0.25, 0.3) is 0 Å². The van der Waals surface area contributed by atoms with Crippen LogP contribution in [0.2, 0.25) is 0 Å². The maximum atomic E-state index is 12.1. The molecule has 1 aliphatic rings. The highest BCUT2D eigenvalue weighted by Gasteiger charge is 2.42. The summed E-state index contributed by atoms with van der Waals surface area (Å²) in [4.78, 5) is 10.8. The van der Waals surface area contributed by atoms with Gasteiger partial charge in [0.25, 0.3) is 0 Å². The van der Waals surface area contributed by atoms with Crippen LogP contribution in [0.1, 0.15) is 19.3 Å². The molecule has 1 atom stereocenters. The molecule has 1 fully saturated rings. The van der Waals surface area contributed by atoms with E-state index in [1.165, 1.54) is 0 Å². The highest BCUT2D eigenvalue weighted by molar-refractivity contribution is 5.75. The molecule has 0 radical (unpaired) electrons. The molecule has 0 spiro atoms. The van der Waals surface area contributed by atoms with Crippen molar-refractivity contribution in [3.05, 3.63) is 0 Å². The van der Waals surface area contributed by atoms with E-state index < -0.39 is 24.2 Å². The smallest absolute Gasteiger partial charge is 0.312 e. The van der Waals surface area contributed by atoms with E-state index >= 15 is 0 Å². The van der Waals surface area contributed by atoms with Crippen LogP contribution < -0.4 is 0 Å². The number of carboxylic acid groups (broad SMARTS) is 1. The second-order valence-electron chi connectivity index (χ2n) is 3.34. The number of alkyl halides is 2. The van der Waals surface area contributed by atoms with Gasteiger partial charge in [0.2, 0.25) is 6.43 Å². The molecular formula is C8H12F2O3. The summed E-state index contributed by atoms with van der Waals surface area (Å²) in [6.07, 6.45) is -2.37. The Morgan fingerprint density at radius 2 is 2.31 bits per heavy atom. The molecule has 0 aliphatic carbocycles. The molecule has 0 aromatic rings. The van der Waals surface area contributed by atoms with Crippen molar-refractivity contribution in [1.29, 1.82) is 0 Å². The molecule has 1 heterocycles. The van der Waals surface area contributed by atoms with Crippen LogP contribution in [0.5, 0.6) is 0 Å². The summed E-state index contributed by atoms with van der Waals surface area (Å²) < 4.78 is 29.1. The Bertz CT molecular complexity index is 188. The van der Waals surface area contributed by atoms with Crippen molar-refractivity contribution in [2.24, 2.45) is 5.41 Å². The third-order valence-electron chi connectivity index (χ3n) is 2.32. The van der Waals surface area contributed by atoms with E-state index in [4.69, 9.17) is 9.84 Å². The predicted octanol–water partition coefficient (Wildman–Crippen LogP) is 1.52. The fourth-order valence-corrected chi connectivity index (χ4v) is 1.56. The lowest BCUT2D eigenvalue weighted by Gasteiger charge is -2.32. The number of halogens is 2. The molecule has 0 aromatic carbocycles. The second-order valence-corrected chi connectivity index (χ2v) is 3.34. The standard InChI is InChI=1S/C8H12F2O3/c9-6(10)4-8(7(11)12)2-1-3-13-5-8/h6H,1-5H2,(H,11,12). The quantitative estimate of drug-likeness (QED) is 0.740. The van der Waals surface area contributed by atoms with Crippen LogP contribution in [0, 0.1) is 5.41 Å². The molecule has 3 nitrogen and oxygen atoms in total. The van der Waals surface area contributed by atoms with Crippen molar-refractivity contribution in [1.82, 2.24) is 0 Å². The molecule has 0 amide bonds. The van der Waals surface area contributed by atoms with Crippen LogP contribution >= 0.6 is 0 Å². The third kappa shape index (κ3) is 2.37. The number of carbonyl (C=O) groups is 1. The van der Waals surface area contributed by atoms with Crippen LogP contribution in [0.3, 0.4) is 0 Å². The van der Waals surface area contributed by atoms with E-state index in [0.717, 1.165) is 0 Å². The van der Waals surface area contributed by atoms with Gasteiger partial charge in [0.1, 0.15) is 0 Å². The second kappa shape index (κ2) is 4.00. The molecule has 0 saturated carbocycles. The molecule has 13 heavy (non-hydrogen) atoms. The summed E-state index contributed by atoms with van der Waals surface area (Å²) in [6.45, 7) is 0.380. The Balaban J connectivity index is 2.67. The van der Waals surface area contributed by atoms with Gasteiger partial charge in [-0.1, -0.05) is 0 Å². The summed E-state index contributed by atoms with van der Waals surface area (Å²) >= 11 is 0. The van der Waals surface area contributed by atoms with Gasteiger partial charge < -0.3 is 9.84 Å². The maximum Gasteiger partial charge on any atom is 0.312 e. The highest BCUT2D eigenvalue weighted by atomic mass is 19.3. The fourth-order valence-electron chi connectivity index (χ4n) is 1.56. The van der Waals surface area contributed by atoms with E-state index in [9.17, 15) is 13.6 Å². The first-order valence-electron chi connectivity index (χ1n) is 4.16. The number of rotatable bonds is 3. The summed E-state index contributed by atoms with van der Waals surface area (Å²) in [5, 5.41) is 8.82. The highest BCUT2D eigenvalue weighted by Crippen LogP contribution is 2.34. The zero-order chi connectivity index (χ0) is 9.90. The Hall–Kier alpha value is -0.710. The Labute approximate surface area is 74.7 Å². The SMILES string of the molecule is O=C(O)C1(CC(F)F)CCCOC1. The Morgan fingerprint density at radius 1 is 1.62 bits per heavy atom. The molecular weight excluding hydrogens is 182 g/mol. The van der Waals surface area contributed by atoms with Crippen LogP contribution in [0.4, 0.5) is 8.78 Å². The van der Waals surface area contributed by atoms with E-state index in [-0.39, 0.29) is 13.0 Å². The number of carboxylic acids is 1. The number of hydrogen-bond acceptors (Lipinski definition) is 2. The first-order valence-corrected chi connectivity index (χ1v) is 4.16. The number of hydrogen-bond donors (Lipinski definition) is 1.